The van der Waals surface area contributed by atoms with Crippen molar-refractivity contribution in [3.05, 3.63) is 29.8 Å². The third-order valence-electron chi connectivity index (χ3n) is 2.02. The van der Waals surface area contributed by atoms with Crippen LogP contribution in [0, 0.1) is 12.3 Å². The first-order valence-electron chi connectivity index (χ1n) is 5.13. The zero-order chi connectivity index (χ0) is 11.1. The summed E-state index contributed by atoms with van der Waals surface area (Å²) in [5, 5.41) is 0. The Bertz CT molecular complexity index is 339. The van der Waals surface area contributed by atoms with Gasteiger partial charge in [0.05, 0.1) is 6.61 Å². The molecule has 0 fully saturated rings. The van der Waals surface area contributed by atoms with E-state index >= 15 is 0 Å². The summed E-state index contributed by atoms with van der Waals surface area (Å²) in [7, 11) is 0. The third kappa shape index (κ3) is 4.05. The minimum absolute atomic E-state index is 0.141. The lowest BCUT2D eigenvalue weighted by atomic mass is 10.1. The van der Waals surface area contributed by atoms with Crippen LogP contribution in [0.2, 0.25) is 0 Å². The molecule has 1 unspecified atom stereocenters. The van der Waals surface area contributed by atoms with Crippen LogP contribution in [-0.2, 0) is 6.42 Å². The van der Waals surface area contributed by atoms with Crippen molar-refractivity contribution >= 4 is 0 Å². The molecule has 0 aliphatic heterocycles. The van der Waals surface area contributed by atoms with E-state index in [1.165, 1.54) is 0 Å². The van der Waals surface area contributed by atoms with E-state index in [9.17, 15) is 0 Å². The van der Waals surface area contributed by atoms with Gasteiger partial charge >= 0.3 is 0 Å². The predicted octanol–water partition coefficient (Wildman–Crippen LogP) is 1.98. The van der Waals surface area contributed by atoms with Crippen molar-refractivity contribution in [1.29, 1.82) is 0 Å². The van der Waals surface area contributed by atoms with Gasteiger partial charge in [-0.15, -0.1) is 12.3 Å². The van der Waals surface area contributed by atoms with Crippen LogP contribution in [0.3, 0.4) is 0 Å². The van der Waals surface area contributed by atoms with Gasteiger partial charge in [-0.25, -0.2) is 0 Å². The van der Waals surface area contributed by atoms with Gasteiger partial charge < -0.3 is 10.5 Å². The van der Waals surface area contributed by atoms with Crippen molar-refractivity contribution in [1.82, 2.24) is 0 Å². The number of para-hydroxylation sites is 1. The lowest BCUT2D eigenvalue weighted by molar-refractivity contribution is 0.323. The van der Waals surface area contributed by atoms with E-state index in [2.05, 4.69) is 5.92 Å². The maximum Gasteiger partial charge on any atom is 0.122 e. The van der Waals surface area contributed by atoms with Crippen molar-refractivity contribution in [2.75, 3.05) is 6.61 Å². The number of nitrogens with two attached hydrogens (primary N) is 1. The summed E-state index contributed by atoms with van der Waals surface area (Å²) in [5.41, 5.74) is 6.90. The van der Waals surface area contributed by atoms with Crippen LogP contribution < -0.4 is 10.5 Å². The summed E-state index contributed by atoms with van der Waals surface area (Å²) in [6, 6.07) is 8.08. The lowest BCUT2D eigenvalue weighted by Crippen LogP contribution is -2.18. The van der Waals surface area contributed by atoms with Gasteiger partial charge in [-0.3, -0.25) is 0 Å². The van der Waals surface area contributed by atoms with Gasteiger partial charge in [-0.05, 0) is 25.0 Å². The van der Waals surface area contributed by atoms with Crippen molar-refractivity contribution in [2.45, 2.75) is 25.8 Å². The van der Waals surface area contributed by atoms with Crippen LogP contribution in [0.1, 0.15) is 18.9 Å². The first kappa shape index (κ1) is 11.6. The zero-order valence-electron chi connectivity index (χ0n) is 9.07. The predicted molar refractivity (Wildman–Crippen MR) is 62.7 cm³/mol. The Hall–Kier alpha value is -1.46. The molecule has 0 spiro atoms. The Morgan fingerprint density at radius 2 is 2.20 bits per heavy atom. The lowest BCUT2D eigenvalue weighted by Gasteiger charge is -2.11. The van der Waals surface area contributed by atoms with E-state index in [-0.39, 0.29) is 6.04 Å². The Kier molecular flexibility index (Phi) is 4.73. The molecule has 0 aromatic heterocycles. The summed E-state index contributed by atoms with van der Waals surface area (Å²) in [5.74, 6) is 3.44. The molecule has 80 valence electrons. The Labute approximate surface area is 91.4 Å². The fourth-order valence-corrected chi connectivity index (χ4v) is 1.38. The van der Waals surface area contributed by atoms with Crippen molar-refractivity contribution < 1.29 is 4.74 Å². The Morgan fingerprint density at radius 1 is 1.47 bits per heavy atom. The minimum atomic E-state index is 0.141. The highest BCUT2D eigenvalue weighted by molar-refractivity contribution is 5.33. The maximum absolute atomic E-state index is 5.76. The quantitative estimate of drug-likeness (QED) is 0.586. The number of hydrogen-bond donors (Lipinski definition) is 1. The number of rotatable bonds is 5. The number of ether oxygens (including phenoxy) is 1. The van der Waals surface area contributed by atoms with E-state index in [0.717, 1.165) is 17.7 Å². The monoisotopic (exact) mass is 203 g/mol. The fraction of sp³-hybridized carbons (Fsp3) is 0.385. The highest BCUT2D eigenvalue weighted by Gasteiger charge is 2.04. The second kappa shape index (κ2) is 6.10. The topological polar surface area (TPSA) is 35.2 Å². The second-order valence-corrected chi connectivity index (χ2v) is 3.59. The van der Waals surface area contributed by atoms with Gasteiger partial charge in [0, 0.05) is 12.5 Å². The molecule has 2 nitrogen and oxygen atoms in total. The zero-order valence-corrected chi connectivity index (χ0v) is 9.07. The van der Waals surface area contributed by atoms with Gasteiger partial charge in [0.15, 0.2) is 0 Å². The van der Waals surface area contributed by atoms with Crippen molar-refractivity contribution in [3.63, 3.8) is 0 Å². The number of hydrogen-bond acceptors (Lipinski definition) is 2. The summed E-state index contributed by atoms with van der Waals surface area (Å²) in [6.07, 6.45) is 6.62. The molecule has 0 amide bonds. The van der Waals surface area contributed by atoms with Crippen LogP contribution in [0.25, 0.3) is 0 Å². The van der Waals surface area contributed by atoms with E-state index in [1.54, 1.807) is 0 Å². The molecule has 0 saturated carbocycles. The summed E-state index contributed by atoms with van der Waals surface area (Å²) < 4.78 is 5.58. The Morgan fingerprint density at radius 3 is 2.87 bits per heavy atom. The molecule has 0 radical (unpaired) electrons. The summed E-state index contributed by atoms with van der Waals surface area (Å²) in [6.45, 7) is 2.55. The first-order valence-corrected chi connectivity index (χ1v) is 5.13. The van der Waals surface area contributed by atoms with E-state index in [0.29, 0.717) is 13.0 Å². The third-order valence-corrected chi connectivity index (χ3v) is 2.02. The van der Waals surface area contributed by atoms with Crippen molar-refractivity contribution in [2.24, 2.45) is 5.73 Å². The second-order valence-electron chi connectivity index (χ2n) is 3.59. The van der Waals surface area contributed by atoms with Crippen LogP contribution in [0.5, 0.6) is 5.75 Å². The molecule has 2 heteroatoms. The van der Waals surface area contributed by atoms with Crippen LogP contribution in [0.15, 0.2) is 24.3 Å². The summed E-state index contributed by atoms with van der Waals surface area (Å²) in [4.78, 5) is 0. The minimum Gasteiger partial charge on any atom is -0.492 e. The molecular weight excluding hydrogens is 186 g/mol. The molecule has 1 aromatic rings. The largest absolute Gasteiger partial charge is 0.492 e. The van der Waals surface area contributed by atoms with Gasteiger partial charge in [0.25, 0.3) is 0 Å². The molecule has 0 heterocycles. The van der Waals surface area contributed by atoms with Gasteiger partial charge in [0.1, 0.15) is 5.75 Å². The maximum atomic E-state index is 5.76. The van der Waals surface area contributed by atoms with Crippen LogP contribution in [-0.4, -0.2) is 12.6 Å². The SMILES string of the molecule is C#CCCOc1ccccc1CC(C)N. The molecule has 1 atom stereocenters. The van der Waals surface area contributed by atoms with E-state index in [4.69, 9.17) is 16.9 Å². The van der Waals surface area contributed by atoms with E-state index in [1.807, 2.05) is 31.2 Å². The number of benzene rings is 1. The molecule has 15 heavy (non-hydrogen) atoms. The van der Waals surface area contributed by atoms with Crippen molar-refractivity contribution in [3.8, 4) is 18.1 Å². The molecule has 2 N–H and O–H groups in total. The molecule has 1 aromatic carbocycles. The summed E-state index contributed by atoms with van der Waals surface area (Å²) >= 11 is 0. The Balaban J connectivity index is 2.65. The molecule has 1 rings (SSSR count). The molecule has 0 aliphatic carbocycles. The standard InChI is InChI=1S/C13H17NO/c1-3-4-9-15-13-8-6-5-7-12(13)10-11(2)14/h1,5-8,11H,4,9-10,14H2,2H3. The normalized spacial score (nSPS) is 11.8. The highest BCUT2D eigenvalue weighted by atomic mass is 16.5. The van der Waals surface area contributed by atoms with Gasteiger partial charge in [-0.2, -0.15) is 0 Å². The van der Waals surface area contributed by atoms with E-state index < -0.39 is 0 Å². The molecule has 0 bridgehead atoms. The number of terminal acetylenes is 1. The highest BCUT2D eigenvalue weighted by Crippen LogP contribution is 2.19. The van der Waals surface area contributed by atoms with Gasteiger partial charge in [0.2, 0.25) is 0 Å². The average molecular weight is 203 g/mol. The molecule has 0 saturated heterocycles. The smallest absolute Gasteiger partial charge is 0.122 e. The first-order chi connectivity index (χ1) is 7.24. The van der Waals surface area contributed by atoms with Crippen LogP contribution in [0.4, 0.5) is 0 Å². The van der Waals surface area contributed by atoms with Gasteiger partial charge in [-0.1, -0.05) is 18.2 Å². The van der Waals surface area contributed by atoms with Crippen LogP contribution >= 0.6 is 0 Å². The molecular formula is C13H17NO. The fourth-order valence-electron chi connectivity index (χ4n) is 1.38. The molecule has 0 aliphatic rings. The average Bonchev–Trinajstić information content (AvgIpc) is 2.20.